The highest BCUT2D eigenvalue weighted by atomic mass is 16.5. The minimum atomic E-state index is -1.10. The van der Waals surface area contributed by atoms with Gasteiger partial charge in [-0.15, -0.1) is 6.58 Å². The first-order chi connectivity index (χ1) is 19.8. The van der Waals surface area contributed by atoms with Crippen molar-refractivity contribution >= 4 is 17.5 Å². The van der Waals surface area contributed by atoms with E-state index in [1.54, 1.807) is 13.2 Å². The molecular weight excluding hydrogens is 534 g/mol. The van der Waals surface area contributed by atoms with Gasteiger partial charge in [-0.05, 0) is 55.1 Å². The van der Waals surface area contributed by atoms with E-state index >= 15 is 0 Å². The van der Waals surface area contributed by atoms with Crippen LogP contribution in [0.25, 0.3) is 0 Å². The van der Waals surface area contributed by atoms with Crippen LogP contribution < -0.4 is 9.47 Å². The van der Waals surface area contributed by atoms with Crippen molar-refractivity contribution in [1.82, 2.24) is 4.90 Å². The summed E-state index contributed by atoms with van der Waals surface area (Å²) >= 11 is 0. The Kier molecular flexibility index (Phi) is 9.36. The first-order valence-corrected chi connectivity index (χ1v) is 14.9. The highest BCUT2D eigenvalue weighted by Gasteiger charge is 2.49. The predicted octanol–water partition coefficient (Wildman–Crippen LogP) is 6.00. The summed E-state index contributed by atoms with van der Waals surface area (Å²) in [7, 11) is 1.68. The third kappa shape index (κ3) is 6.48. The zero-order valence-electron chi connectivity index (χ0n) is 25.9. The number of aliphatic carboxylic acids is 1. The van der Waals surface area contributed by atoms with Crippen molar-refractivity contribution < 1.29 is 33.7 Å². The van der Waals surface area contributed by atoms with Gasteiger partial charge in [0, 0.05) is 67.1 Å². The Hall–Kier alpha value is -3.39. The topological polar surface area (TPSA) is 102 Å². The highest BCUT2D eigenvalue weighted by molar-refractivity contribution is 6.06. The van der Waals surface area contributed by atoms with Crippen molar-refractivity contribution in [3.63, 3.8) is 0 Å². The van der Waals surface area contributed by atoms with Crippen molar-refractivity contribution in [3.8, 4) is 11.5 Å². The Balaban J connectivity index is 2.00. The van der Waals surface area contributed by atoms with E-state index in [1.807, 2.05) is 19.1 Å². The minimum absolute atomic E-state index is 0.0570. The van der Waals surface area contributed by atoms with Crippen LogP contribution in [0.5, 0.6) is 11.5 Å². The Labute approximate surface area is 249 Å². The maximum absolute atomic E-state index is 14.1. The van der Waals surface area contributed by atoms with Crippen LogP contribution >= 0.6 is 0 Å². The summed E-state index contributed by atoms with van der Waals surface area (Å²) in [4.78, 5) is 41.8. The van der Waals surface area contributed by atoms with Crippen molar-refractivity contribution in [1.29, 1.82) is 0 Å². The molecule has 4 rings (SSSR count). The van der Waals surface area contributed by atoms with Gasteiger partial charge in [-0.2, -0.15) is 0 Å². The fraction of sp³-hybridized carbons (Fsp3) is 0.559. The molecule has 0 saturated carbocycles. The molecule has 0 radical (unpaired) electrons. The molecule has 3 aliphatic rings. The molecular formula is C34H45NO7. The normalized spacial score (nSPS) is 19.9. The van der Waals surface area contributed by atoms with Gasteiger partial charge in [-0.1, -0.05) is 39.8 Å². The number of hydrogen-bond donors (Lipinski definition) is 1. The van der Waals surface area contributed by atoms with Crippen molar-refractivity contribution in [2.24, 2.45) is 10.8 Å². The van der Waals surface area contributed by atoms with E-state index < -0.39 is 18.5 Å². The van der Waals surface area contributed by atoms with Crippen LogP contribution in [0.3, 0.4) is 0 Å². The zero-order valence-corrected chi connectivity index (χ0v) is 25.9. The van der Waals surface area contributed by atoms with E-state index in [-0.39, 0.29) is 22.4 Å². The highest BCUT2D eigenvalue weighted by Crippen LogP contribution is 2.55. The number of allylic oxidation sites excluding steroid dienone is 5. The largest absolute Gasteiger partial charge is 0.490 e. The van der Waals surface area contributed by atoms with Crippen LogP contribution in [0.1, 0.15) is 83.8 Å². The second-order valence-electron chi connectivity index (χ2n) is 13.1. The molecule has 2 aliphatic carbocycles. The molecule has 0 amide bonds. The standard InChI is InChI=1S/C34H45NO7/c1-8-11-21-14-22(15-27(41-9-2)32(21)42-20-28(38)39)29-30-23(16-33(3,4)18-25(30)36)35(12-10-13-40-7)24-17-34(5,6)19-26(37)31(24)29/h8,14-15,29H,1,9-13,16-20H2,2-7H3,(H,38,39). The van der Waals surface area contributed by atoms with Gasteiger partial charge in [-0.3, -0.25) is 9.59 Å². The van der Waals surface area contributed by atoms with Gasteiger partial charge in [0.25, 0.3) is 0 Å². The Morgan fingerprint density at radius 3 is 2.12 bits per heavy atom. The number of benzene rings is 1. The molecule has 42 heavy (non-hydrogen) atoms. The average Bonchev–Trinajstić information content (AvgIpc) is 2.87. The van der Waals surface area contributed by atoms with Gasteiger partial charge >= 0.3 is 5.97 Å². The summed E-state index contributed by atoms with van der Waals surface area (Å²) in [5, 5.41) is 9.29. The minimum Gasteiger partial charge on any atom is -0.490 e. The summed E-state index contributed by atoms with van der Waals surface area (Å²) in [6, 6.07) is 3.76. The summed E-state index contributed by atoms with van der Waals surface area (Å²) in [5.74, 6) is -0.787. The average molecular weight is 580 g/mol. The molecule has 1 aliphatic heterocycles. The first-order valence-electron chi connectivity index (χ1n) is 14.9. The molecule has 1 heterocycles. The third-order valence-electron chi connectivity index (χ3n) is 8.24. The molecule has 1 N–H and O–H groups in total. The van der Waals surface area contributed by atoms with Gasteiger partial charge < -0.3 is 24.2 Å². The molecule has 0 unspecified atom stereocenters. The fourth-order valence-corrected chi connectivity index (χ4v) is 6.74. The molecule has 0 fully saturated rings. The number of carboxylic acid groups (broad SMARTS) is 1. The lowest BCUT2D eigenvalue weighted by molar-refractivity contribution is -0.139. The predicted molar refractivity (Wildman–Crippen MR) is 161 cm³/mol. The van der Waals surface area contributed by atoms with Gasteiger partial charge in [-0.25, -0.2) is 4.79 Å². The number of hydrogen-bond acceptors (Lipinski definition) is 7. The fourth-order valence-electron chi connectivity index (χ4n) is 6.74. The SMILES string of the molecule is C=CCc1cc(C2C3=C(CC(C)(C)CC3=O)N(CCCOC)C3=C2C(=O)CC(C)(C)C3)cc(OCC)c1OCC(=O)O. The van der Waals surface area contributed by atoms with Crippen molar-refractivity contribution in [3.05, 3.63) is 58.5 Å². The number of rotatable bonds is 12. The maximum Gasteiger partial charge on any atom is 0.341 e. The molecule has 8 nitrogen and oxygen atoms in total. The number of ether oxygens (including phenoxy) is 3. The summed E-state index contributed by atoms with van der Waals surface area (Å²) in [6.45, 7) is 15.3. The van der Waals surface area contributed by atoms with E-state index in [0.29, 0.717) is 67.2 Å². The summed E-state index contributed by atoms with van der Waals surface area (Å²) in [6.07, 6.45) is 5.13. The maximum atomic E-state index is 14.1. The summed E-state index contributed by atoms with van der Waals surface area (Å²) in [5.41, 5.74) is 4.40. The summed E-state index contributed by atoms with van der Waals surface area (Å²) < 4.78 is 17.1. The Morgan fingerprint density at radius 2 is 1.62 bits per heavy atom. The van der Waals surface area contributed by atoms with Crippen molar-refractivity contribution in [2.75, 3.05) is 33.5 Å². The molecule has 1 aromatic rings. The number of carbonyl (C=O) groups excluding carboxylic acids is 2. The molecule has 0 atom stereocenters. The molecule has 0 bridgehead atoms. The second kappa shape index (κ2) is 12.5. The van der Waals surface area contributed by atoms with E-state index in [9.17, 15) is 19.5 Å². The Morgan fingerprint density at radius 1 is 1.02 bits per heavy atom. The number of methoxy groups -OCH3 is 1. The molecule has 1 aromatic carbocycles. The molecule has 228 valence electrons. The van der Waals surface area contributed by atoms with Gasteiger partial charge in [0.15, 0.2) is 29.7 Å². The molecule has 0 saturated heterocycles. The van der Waals surface area contributed by atoms with E-state index in [2.05, 4.69) is 39.2 Å². The number of ketones is 2. The van der Waals surface area contributed by atoms with Crippen LogP contribution in [0.15, 0.2) is 47.3 Å². The monoisotopic (exact) mass is 579 g/mol. The lowest BCUT2D eigenvalue weighted by Crippen LogP contribution is -2.44. The lowest BCUT2D eigenvalue weighted by Gasteiger charge is -2.49. The number of Topliss-reactive ketones (excluding diaryl/α,β-unsaturated/α-hetero) is 2. The van der Waals surface area contributed by atoms with Gasteiger partial charge in [0.1, 0.15) is 0 Å². The number of carbonyl (C=O) groups is 3. The van der Waals surface area contributed by atoms with E-state index in [4.69, 9.17) is 14.2 Å². The Bertz CT molecular complexity index is 1280. The van der Waals surface area contributed by atoms with Gasteiger partial charge in [0.05, 0.1) is 6.61 Å². The second-order valence-corrected chi connectivity index (χ2v) is 13.1. The van der Waals surface area contributed by atoms with Crippen molar-refractivity contribution in [2.45, 2.75) is 79.1 Å². The lowest BCUT2D eigenvalue weighted by atomic mass is 9.63. The van der Waals surface area contributed by atoms with Crippen LogP contribution in [-0.4, -0.2) is 61.0 Å². The van der Waals surface area contributed by atoms with E-state index in [0.717, 1.165) is 36.2 Å². The zero-order chi connectivity index (χ0) is 30.8. The molecule has 8 heteroatoms. The molecule has 0 aromatic heterocycles. The quantitative estimate of drug-likeness (QED) is 0.238. The molecule has 0 spiro atoms. The van der Waals surface area contributed by atoms with Crippen LogP contribution in [-0.2, 0) is 25.5 Å². The smallest absolute Gasteiger partial charge is 0.341 e. The van der Waals surface area contributed by atoms with Crippen LogP contribution in [0.4, 0.5) is 0 Å². The van der Waals surface area contributed by atoms with E-state index in [1.165, 1.54) is 0 Å². The first kappa shape index (κ1) is 31.5. The van der Waals surface area contributed by atoms with Crippen LogP contribution in [0.2, 0.25) is 0 Å². The third-order valence-corrected chi connectivity index (χ3v) is 8.24. The van der Waals surface area contributed by atoms with Gasteiger partial charge in [0.2, 0.25) is 0 Å². The van der Waals surface area contributed by atoms with Crippen LogP contribution in [0, 0.1) is 10.8 Å². The number of nitrogens with zero attached hydrogens (tertiary/aromatic N) is 1. The number of carboxylic acids is 1.